The van der Waals surface area contributed by atoms with Crippen LogP contribution in [0.25, 0.3) is 0 Å². The van der Waals surface area contributed by atoms with Gasteiger partial charge in [0.05, 0.1) is 6.54 Å². The minimum atomic E-state index is 0.570. The van der Waals surface area contributed by atoms with Gasteiger partial charge in [0.2, 0.25) is 0 Å². The summed E-state index contributed by atoms with van der Waals surface area (Å²) in [7, 11) is 0. The van der Waals surface area contributed by atoms with Gasteiger partial charge in [-0.15, -0.1) is 11.6 Å². The fourth-order valence-electron chi connectivity index (χ4n) is 1.78. The van der Waals surface area contributed by atoms with E-state index in [4.69, 9.17) is 16.3 Å². The SMILES string of the molecule is Cc1cc(C#CCCCl)ccc1OCCn1cccn1. The summed E-state index contributed by atoms with van der Waals surface area (Å²) in [6.45, 7) is 3.36. The third kappa shape index (κ3) is 4.32. The molecule has 0 aliphatic heterocycles. The van der Waals surface area contributed by atoms with E-state index < -0.39 is 0 Å². The minimum Gasteiger partial charge on any atom is -0.491 e. The van der Waals surface area contributed by atoms with E-state index in [0.29, 0.717) is 18.9 Å². The molecular formula is C16H17ClN2O. The summed E-state index contributed by atoms with van der Waals surface area (Å²) in [5, 5.41) is 4.13. The molecule has 3 nitrogen and oxygen atoms in total. The molecule has 0 radical (unpaired) electrons. The Morgan fingerprint density at radius 2 is 2.30 bits per heavy atom. The summed E-state index contributed by atoms with van der Waals surface area (Å²) in [5.41, 5.74) is 2.08. The van der Waals surface area contributed by atoms with Crippen LogP contribution in [0.15, 0.2) is 36.7 Å². The minimum absolute atomic E-state index is 0.570. The first kappa shape index (κ1) is 14.5. The molecule has 0 saturated heterocycles. The molecule has 2 rings (SSSR count). The van der Waals surface area contributed by atoms with Gasteiger partial charge in [-0.25, -0.2) is 0 Å². The Kier molecular flexibility index (Phi) is 5.52. The second-order valence-corrected chi connectivity index (χ2v) is 4.72. The first-order chi connectivity index (χ1) is 9.79. The Labute approximate surface area is 124 Å². The van der Waals surface area contributed by atoms with Crippen molar-refractivity contribution in [2.45, 2.75) is 19.9 Å². The molecule has 0 saturated carbocycles. The van der Waals surface area contributed by atoms with E-state index in [9.17, 15) is 0 Å². The molecule has 0 atom stereocenters. The van der Waals surface area contributed by atoms with Gasteiger partial charge in [-0.1, -0.05) is 11.8 Å². The molecule has 104 valence electrons. The van der Waals surface area contributed by atoms with Gasteiger partial charge in [0.1, 0.15) is 12.4 Å². The molecule has 1 aromatic heterocycles. The number of benzene rings is 1. The lowest BCUT2D eigenvalue weighted by atomic mass is 10.1. The van der Waals surface area contributed by atoms with Crippen LogP contribution in [0.3, 0.4) is 0 Å². The Balaban J connectivity index is 1.91. The fraction of sp³-hybridized carbons (Fsp3) is 0.312. The van der Waals surface area contributed by atoms with E-state index in [1.807, 2.05) is 42.1 Å². The molecule has 0 aliphatic rings. The first-order valence-electron chi connectivity index (χ1n) is 6.55. The van der Waals surface area contributed by atoms with Crippen LogP contribution in [0.1, 0.15) is 17.5 Å². The monoisotopic (exact) mass is 288 g/mol. The van der Waals surface area contributed by atoms with Crippen LogP contribution in [0.5, 0.6) is 5.75 Å². The van der Waals surface area contributed by atoms with E-state index in [2.05, 4.69) is 16.9 Å². The highest BCUT2D eigenvalue weighted by Gasteiger charge is 2.00. The van der Waals surface area contributed by atoms with Crippen LogP contribution in [0.4, 0.5) is 0 Å². The van der Waals surface area contributed by atoms with Gasteiger partial charge in [-0.2, -0.15) is 5.10 Å². The third-order valence-electron chi connectivity index (χ3n) is 2.76. The molecule has 0 unspecified atom stereocenters. The van der Waals surface area contributed by atoms with E-state index in [0.717, 1.165) is 23.4 Å². The topological polar surface area (TPSA) is 27.1 Å². The quantitative estimate of drug-likeness (QED) is 0.624. The Morgan fingerprint density at radius 3 is 3.00 bits per heavy atom. The highest BCUT2D eigenvalue weighted by molar-refractivity contribution is 6.18. The lowest BCUT2D eigenvalue weighted by molar-refractivity contribution is 0.289. The van der Waals surface area contributed by atoms with Crippen molar-refractivity contribution in [1.82, 2.24) is 9.78 Å². The summed E-state index contributed by atoms with van der Waals surface area (Å²) in [6, 6.07) is 7.87. The van der Waals surface area contributed by atoms with Crippen molar-refractivity contribution < 1.29 is 4.74 Å². The second-order valence-electron chi connectivity index (χ2n) is 4.34. The molecule has 0 spiro atoms. The van der Waals surface area contributed by atoms with Crippen molar-refractivity contribution >= 4 is 11.6 Å². The van der Waals surface area contributed by atoms with Crippen molar-refractivity contribution in [2.75, 3.05) is 12.5 Å². The number of aryl methyl sites for hydroxylation is 1. The molecule has 4 heteroatoms. The van der Waals surface area contributed by atoms with Crippen LogP contribution in [-0.2, 0) is 6.54 Å². The maximum atomic E-state index is 5.76. The molecule has 1 heterocycles. The number of hydrogen-bond acceptors (Lipinski definition) is 2. The average Bonchev–Trinajstić information content (AvgIpc) is 2.95. The van der Waals surface area contributed by atoms with E-state index in [1.54, 1.807) is 6.20 Å². The lowest BCUT2D eigenvalue weighted by Crippen LogP contribution is -2.08. The fourth-order valence-corrected chi connectivity index (χ4v) is 1.88. The number of halogens is 1. The zero-order valence-electron chi connectivity index (χ0n) is 11.5. The molecule has 0 bridgehead atoms. The summed E-state index contributed by atoms with van der Waals surface area (Å²) < 4.78 is 7.61. The van der Waals surface area contributed by atoms with Crippen molar-refractivity contribution in [3.05, 3.63) is 47.8 Å². The zero-order valence-corrected chi connectivity index (χ0v) is 12.2. The first-order valence-corrected chi connectivity index (χ1v) is 7.09. The predicted octanol–water partition coefficient (Wildman–Crippen LogP) is 3.25. The Morgan fingerprint density at radius 1 is 1.40 bits per heavy atom. The average molecular weight is 289 g/mol. The molecule has 2 aromatic rings. The normalized spacial score (nSPS) is 9.90. The van der Waals surface area contributed by atoms with Gasteiger partial charge in [-0.05, 0) is 36.8 Å². The zero-order chi connectivity index (χ0) is 14.2. The number of alkyl halides is 1. The van der Waals surface area contributed by atoms with Crippen molar-refractivity contribution in [1.29, 1.82) is 0 Å². The number of hydrogen-bond donors (Lipinski definition) is 0. The van der Waals surface area contributed by atoms with Crippen LogP contribution in [0.2, 0.25) is 0 Å². The maximum absolute atomic E-state index is 5.76. The summed E-state index contributed by atoms with van der Waals surface area (Å²) in [4.78, 5) is 0. The van der Waals surface area contributed by atoms with Gasteiger partial charge in [0, 0.05) is 30.3 Å². The number of nitrogens with zero attached hydrogens (tertiary/aromatic N) is 2. The summed E-state index contributed by atoms with van der Waals surface area (Å²) in [6.07, 6.45) is 4.40. The molecule has 0 amide bonds. The number of aromatic nitrogens is 2. The van der Waals surface area contributed by atoms with Crippen molar-refractivity contribution in [2.24, 2.45) is 0 Å². The standard InChI is InChI=1S/C16H17ClN2O/c1-14-13-15(5-2-3-8-17)6-7-16(14)20-12-11-19-10-4-9-18-19/h4,6-7,9-10,13H,3,8,11-12H2,1H3. The predicted molar refractivity (Wildman–Crippen MR) is 81.1 cm³/mol. The van der Waals surface area contributed by atoms with Crippen molar-refractivity contribution in [3.8, 4) is 17.6 Å². The van der Waals surface area contributed by atoms with Gasteiger partial charge in [0.15, 0.2) is 0 Å². The number of rotatable bonds is 5. The molecule has 0 aliphatic carbocycles. The largest absolute Gasteiger partial charge is 0.491 e. The van der Waals surface area contributed by atoms with E-state index in [1.165, 1.54) is 0 Å². The summed E-state index contributed by atoms with van der Waals surface area (Å²) in [5.74, 6) is 7.57. The van der Waals surface area contributed by atoms with E-state index in [-0.39, 0.29) is 0 Å². The lowest BCUT2D eigenvalue weighted by Gasteiger charge is -2.09. The highest BCUT2D eigenvalue weighted by atomic mass is 35.5. The van der Waals surface area contributed by atoms with E-state index >= 15 is 0 Å². The van der Waals surface area contributed by atoms with Gasteiger partial charge < -0.3 is 4.74 Å². The van der Waals surface area contributed by atoms with Crippen LogP contribution in [0, 0.1) is 18.8 Å². The van der Waals surface area contributed by atoms with Crippen LogP contribution >= 0.6 is 11.6 Å². The van der Waals surface area contributed by atoms with Gasteiger partial charge >= 0.3 is 0 Å². The highest BCUT2D eigenvalue weighted by Crippen LogP contribution is 2.18. The Hall–Kier alpha value is -1.92. The maximum Gasteiger partial charge on any atom is 0.122 e. The second kappa shape index (κ2) is 7.62. The molecular weight excluding hydrogens is 272 g/mol. The smallest absolute Gasteiger partial charge is 0.122 e. The van der Waals surface area contributed by atoms with Crippen molar-refractivity contribution in [3.63, 3.8) is 0 Å². The van der Waals surface area contributed by atoms with Crippen LogP contribution in [-0.4, -0.2) is 22.3 Å². The van der Waals surface area contributed by atoms with Gasteiger partial charge in [0.25, 0.3) is 0 Å². The third-order valence-corrected chi connectivity index (χ3v) is 2.95. The molecule has 0 fully saturated rings. The van der Waals surface area contributed by atoms with Gasteiger partial charge in [-0.3, -0.25) is 4.68 Å². The molecule has 1 aromatic carbocycles. The Bertz CT molecular complexity index is 597. The molecule has 20 heavy (non-hydrogen) atoms. The molecule has 0 N–H and O–H groups in total. The number of ether oxygens (including phenoxy) is 1. The summed E-state index contributed by atoms with van der Waals surface area (Å²) >= 11 is 5.59. The van der Waals surface area contributed by atoms with Crippen LogP contribution < -0.4 is 4.74 Å².